The van der Waals surface area contributed by atoms with Crippen LogP contribution in [0.15, 0.2) is 18.2 Å². The molecule has 9 heteroatoms. The Bertz CT molecular complexity index is 797. The van der Waals surface area contributed by atoms with Gasteiger partial charge in [-0.15, -0.1) is 0 Å². The zero-order valence-electron chi connectivity index (χ0n) is 15.8. The lowest BCUT2D eigenvalue weighted by atomic mass is 9.98. The molecule has 0 radical (unpaired) electrons. The van der Waals surface area contributed by atoms with Crippen LogP contribution in [0.5, 0.6) is 0 Å². The van der Waals surface area contributed by atoms with Crippen molar-refractivity contribution in [2.75, 3.05) is 6.54 Å². The van der Waals surface area contributed by atoms with E-state index in [1.165, 1.54) is 11.0 Å². The third-order valence-electron chi connectivity index (χ3n) is 4.89. The molecular weight excluding hydrogens is 380 g/mol. The molecule has 2 fully saturated rings. The lowest BCUT2D eigenvalue weighted by molar-refractivity contribution is -0.140. The average molecular weight is 402 g/mol. The lowest BCUT2D eigenvalue weighted by Crippen LogP contribution is -2.60. The van der Waals surface area contributed by atoms with Crippen molar-refractivity contribution >= 4 is 12.0 Å². The maximum atomic E-state index is 13.5. The largest absolute Gasteiger partial charge is 0.444 e. The molecule has 0 spiro atoms. The molecule has 2 amide bonds. The fourth-order valence-corrected chi connectivity index (χ4v) is 3.17. The van der Waals surface area contributed by atoms with Crippen LogP contribution in [0.4, 0.5) is 22.4 Å². The van der Waals surface area contributed by atoms with Crippen molar-refractivity contribution in [1.29, 1.82) is 0 Å². The number of likely N-dealkylation sites (tertiary alicyclic amines) is 1. The van der Waals surface area contributed by atoms with E-state index in [1.807, 2.05) is 0 Å². The molecule has 3 rings (SSSR count). The van der Waals surface area contributed by atoms with Crippen molar-refractivity contribution < 1.29 is 31.9 Å². The number of nitrogens with zero attached hydrogens (tertiary/aromatic N) is 1. The maximum Gasteiger partial charge on any atom is 0.419 e. The van der Waals surface area contributed by atoms with Gasteiger partial charge in [0.15, 0.2) is 0 Å². The Morgan fingerprint density at radius 3 is 2.32 bits per heavy atom. The van der Waals surface area contributed by atoms with E-state index < -0.39 is 46.7 Å². The first-order chi connectivity index (χ1) is 12.8. The lowest BCUT2D eigenvalue weighted by Gasteiger charge is -2.40. The highest BCUT2D eigenvalue weighted by molar-refractivity contribution is 5.88. The van der Waals surface area contributed by atoms with Gasteiger partial charge < -0.3 is 10.1 Å². The number of carbonyl (C=O) groups is 2. The number of rotatable bonds is 3. The first-order valence-electron chi connectivity index (χ1n) is 9.01. The third kappa shape index (κ3) is 4.07. The van der Waals surface area contributed by atoms with Crippen LogP contribution in [0.1, 0.15) is 51.2 Å². The predicted octanol–water partition coefficient (Wildman–Crippen LogP) is 3.96. The minimum absolute atomic E-state index is 0.206. The number of alkyl halides is 3. The molecule has 1 aliphatic heterocycles. The zero-order chi connectivity index (χ0) is 20.9. The van der Waals surface area contributed by atoms with Crippen LogP contribution < -0.4 is 5.32 Å². The average Bonchev–Trinajstić information content (AvgIpc) is 3.23. The molecule has 1 unspecified atom stereocenters. The van der Waals surface area contributed by atoms with Gasteiger partial charge in [-0.05, 0) is 57.7 Å². The van der Waals surface area contributed by atoms with Crippen molar-refractivity contribution in [3.8, 4) is 0 Å². The first kappa shape index (κ1) is 20.4. The summed E-state index contributed by atoms with van der Waals surface area (Å²) < 4.78 is 57.7. The highest BCUT2D eigenvalue weighted by atomic mass is 19.4. The molecule has 1 heterocycles. The summed E-state index contributed by atoms with van der Waals surface area (Å²) in [6, 6.07) is 2.04. The van der Waals surface area contributed by atoms with Crippen molar-refractivity contribution in [1.82, 2.24) is 10.2 Å². The number of hydrogen-bond acceptors (Lipinski definition) is 3. The third-order valence-corrected chi connectivity index (χ3v) is 4.89. The number of halogens is 4. The number of nitrogens with one attached hydrogen (secondary N) is 1. The van der Waals surface area contributed by atoms with Gasteiger partial charge in [0, 0.05) is 6.54 Å². The van der Waals surface area contributed by atoms with Crippen molar-refractivity contribution in [3.63, 3.8) is 0 Å². The van der Waals surface area contributed by atoms with Crippen LogP contribution >= 0.6 is 0 Å². The van der Waals surface area contributed by atoms with E-state index in [4.69, 9.17) is 4.74 Å². The smallest absolute Gasteiger partial charge is 0.419 e. The van der Waals surface area contributed by atoms with Crippen LogP contribution in [0.2, 0.25) is 0 Å². The Balaban J connectivity index is 1.72. The monoisotopic (exact) mass is 402 g/mol. The van der Waals surface area contributed by atoms with Crippen LogP contribution in [-0.2, 0) is 21.2 Å². The SMILES string of the molecule is CC(C)(C)OC(=O)N1CCC1C(=O)NC1(c2ccc(F)c(C(F)(F)F)c2)CC1. The highest BCUT2D eigenvalue weighted by Gasteiger charge is 2.50. The summed E-state index contributed by atoms with van der Waals surface area (Å²) >= 11 is 0. The van der Waals surface area contributed by atoms with Gasteiger partial charge in [-0.2, -0.15) is 13.2 Å². The molecule has 1 saturated heterocycles. The van der Waals surface area contributed by atoms with Crippen molar-refractivity contribution in [2.24, 2.45) is 0 Å². The summed E-state index contributed by atoms with van der Waals surface area (Å²) in [6.45, 7) is 5.51. The second-order valence-electron chi connectivity index (χ2n) is 8.24. The van der Waals surface area contributed by atoms with Crippen LogP contribution in [0.25, 0.3) is 0 Å². The van der Waals surface area contributed by atoms with Crippen LogP contribution in [0, 0.1) is 5.82 Å². The minimum atomic E-state index is -4.82. The van der Waals surface area contributed by atoms with Gasteiger partial charge in [-0.25, -0.2) is 9.18 Å². The van der Waals surface area contributed by atoms with Crippen LogP contribution in [-0.4, -0.2) is 35.1 Å². The number of amides is 2. The minimum Gasteiger partial charge on any atom is -0.444 e. The number of benzene rings is 1. The maximum absolute atomic E-state index is 13.5. The summed E-state index contributed by atoms with van der Waals surface area (Å²) in [4.78, 5) is 26.1. The molecule has 5 nitrogen and oxygen atoms in total. The normalized spacial score (nSPS) is 21.0. The zero-order valence-corrected chi connectivity index (χ0v) is 15.8. The molecule has 1 atom stereocenters. The first-order valence-corrected chi connectivity index (χ1v) is 9.01. The quantitative estimate of drug-likeness (QED) is 0.779. The van der Waals surface area contributed by atoms with Gasteiger partial charge >= 0.3 is 12.3 Å². The molecular formula is C19H22F4N2O3. The van der Waals surface area contributed by atoms with E-state index in [2.05, 4.69) is 5.32 Å². The van der Waals surface area contributed by atoms with Crippen LogP contribution in [0.3, 0.4) is 0 Å². The van der Waals surface area contributed by atoms with E-state index in [1.54, 1.807) is 20.8 Å². The Labute approximate surface area is 160 Å². The van der Waals surface area contributed by atoms with E-state index in [0.29, 0.717) is 25.8 Å². The summed E-state index contributed by atoms with van der Waals surface area (Å²) in [5, 5.41) is 2.75. The summed E-state index contributed by atoms with van der Waals surface area (Å²) in [5.74, 6) is -1.80. The fraction of sp³-hybridized carbons (Fsp3) is 0.579. The second kappa shape index (κ2) is 6.63. The van der Waals surface area contributed by atoms with E-state index in [-0.39, 0.29) is 5.56 Å². The molecule has 1 saturated carbocycles. The number of hydrogen-bond donors (Lipinski definition) is 1. The van der Waals surface area contributed by atoms with E-state index in [0.717, 1.165) is 12.1 Å². The van der Waals surface area contributed by atoms with Gasteiger partial charge in [0.1, 0.15) is 17.5 Å². The molecule has 1 aromatic carbocycles. The Morgan fingerprint density at radius 1 is 1.21 bits per heavy atom. The highest BCUT2D eigenvalue weighted by Crippen LogP contribution is 2.47. The summed E-state index contributed by atoms with van der Waals surface area (Å²) in [7, 11) is 0. The summed E-state index contributed by atoms with van der Waals surface area (Å²) in [6.07, 6.45) is -4.09. The van der Waals surface area contributed by atoms with Gasteiger partial charge in [-0.3, -0.25) is 9.69 Å². The molecule has 0 aromatic heterocycles. The molecule has 28 heavy (non-hydrogen) atoms. The van der Waals surface area contributed by atoms with Crippen molar-refractivity contribution in [3.05, 3.63) is 35.1 Å². The standard InChI is InChI=1S/C19H22F4N2O3/c1-17(2,3)28-16(27)25-9-6-14(25)15(26)24-18(7-8-18)11-4-5-13(20)12(10-11)19(21,22)23/h4-5,10,14H,6-9H2,1-3H3,(H,24,26). The van der Waals surface area contributed by atoms with Gasteiger partial charge in [-0.1, -0.05) is 6.07 Å². The second-order valence-corrected chi connectivity index (χ2v) is 8.24. The summed E-state index contributed by atoms with van der Waals surface area (Å²) in [5.41, 5.74) is -2.81. The van der Waals surface area contributed by atoms with Gasteiger partial charge in [0.05, 0.1) is 11.1 Å². The van der Waals surface area contributed by atoms with Gasteiger partial charge in [0.2, 0.25) is 5.91 Å². The Kier molecular flexibility index (Phi) is 4.84. The molecule has 2 aliphatic rings. The molecule has 1 N–H and O–H groups in total. The molecule has 154 valence electrons. The topological polar surface area (TPSA) is 58.6 Å². The van der Waals surface area contributed by atoms with E-state index >= 15 is 0 Å². The van der Waals surface area contributed by atoms with E-state index in [9.17, 15) is 27.2 Å². The Morgan fingerprint density at radius 2 is 1.86 bits per heavy atom. The van der Waals surface area contributed by atoms with Gasteiger partial charge in [0.25, 0.3) is 0 Å². The molecule has 1 aromatic rings. The molecule has 0 bridgehead atoms. The number of carbonyl (C=O) groups excluding carboxylic acids is 2. The fourth-order valence-electron chi connectivity index (χ4n) is 3.17. The Hall–Kier alpha value is -2.32. The predicted molar refractivity (Wildman–Crippen MR) is 91.8 cm³/mol. The molecule has 1 aliphatic carbocycles. The number of ether oxygens (including phenoxy) is 1. The van der Waals surface area contributed by atoms with Crippen molar-refractivity contribution in [2.45, 2.75) is 63.4 Å².